The Labute approximate surface area is 119 Å². The van der Waals surface area contributed by atoms with Crippen LogP contribution in [0.5, 0.6) is 0 Å². The number of rotatable bonds is 4. The molecule has 1 aliphatic rings. The molecule has 1 unspecified atom stereocenters. The van der Waals surface area contributed by atoms with Gasteiger partial charge in [-0.05, 0) is 37.4 Å². The Morgan fingerprint density at radius 2 is 2.05 bits per heavy atom. The monoisotopic (exact) mass is 268 g/mol. The van der Waals surface area contributed by atoms with Crippen molar-refractivity contribution in [2.45, 2.75) is 25.8 Å². The predicted molar refractivity (Wildman–Crippen MR) is 81.7 cm³/mol. The van der Waals surface area contributed by atoms with E-state index < -0.39 is 0 Å². The third-order valence-corrected chi connectivity index (χ3v) is 3.78. The van der Waals surface area contributed by atoms with Crippen LogP contribution >= 0.6 is 0 Å². The normalized spacial score (nSPS) is 18.1. The van der Waals surface area contributed by atoms with E-state index in [9.17, 15) is 0 Å². The number of hydrogen-bond acceptors (Lipinski definition) is 4. The van der Waals surface area contributed by atoms with Crippen LogP contribution in [0.2, 0.25) is 0 Å². The average Bonchev–Trinajstić information content (AvgIpc) is 3.00. The number of anilines is 1. The first-order chi connectivity index (χ1) is 9.83. The highest BCUT2D eigenvalue weighted by atomic mass is 15.1. The molecular weight excluding hydrogens is 248 g/mol. The largest absolute Gasteiger partial charge is 0.353 e. The molecule has 1 saturated heterocycles. The third kappa shape index (κ3) is 2.96. The Balaban J connectivity index is 1.66. The lowest BCUT2D eigenvalue weighted by Gasteiger charge is -2.11. The van der Waals surface area contributed by atoms with Gasteiger partial charge in [0.2, 0.25) is 5.95 Å². The zero-order chi connectivity index (χ0) is 13.8. The Morgan fingerprint density at radius 1 is 1.25 bits per heavy atom. The second-order valence-corrected chi connectivity index (χ2v) is 5.28. The molecule has 1 fully saturated rings. The van der Waals surface area contributed by atoms with E-state index >= 15 is 0 Å². The van der Waals surface area contributed by atoms with Crippen LogP contribution in [0.4, 0.5) is 5.95 Å². The summed E-state index contributed by atoms with van der Waals surface area (Å²) >= 11 is 0. The summed E-state index contributed by atoms with van der Waals surface area (Å²) in [5.74, 6) is 0.705. The second kappa shape index (κ2) is 6.01. The molecule has 1 aromatic carbocycles. The van der Waals surface area contributed by atoms with Crippen molar-refractivity contribution < 1.29 is 0 Å². The number of nitrogens with zero attached hydrogens (tertiary/aromatic N) is 2. The summed E-state index contributed by atoms with van der Waals surface area (Å²) in [5, 5.41) is 6.75. The van der Waals surface area contributed by atoms with Crippen LogP contribution in [-0.2, 0) is 0 Å². The molecule has 1 aromatic heterocycles. The van der Waals surface area contributed by atoms with Gasteiger partial charge in [-0.2, -0.15) is 0 Å². The fraction of sp³-hybridized carbons (Fsp3) is 0.375. The van der Waals surface area contributed by atoms with Crippen molar-refractivity contribution in [1.29, 1.82) is 0 Å². The molecule has 4 heteroatoms. The topological polar surface area (TPSA) is 49.8 Å². The summed E-state index contributed by atoms with van der Waals surface area (Å²) in [7, 11) is 0. The fourth-order valence-electron chi connectivity index (χ4n) is 2.60. The highest BCUT2D eigenvalue weighted by molar-refractivity contribution is 5.65. The number of aryl methyl sites for hydroxylation is 1. The first-order valence-corrected chi connectivity index (χ1v) is 7.18. The van der Waals surface area contributed by atoms with E-state index in [2.05, 4.69) is 39.7 Å². The summed E-state index contributed by atoms with van der Waals surface area (Å²) in [6.45, 7) is 4.12. The van der Waals surface area contributed by atoms with Crippen molar-refractivity contribution in [3.63, 3.8) is 0 Å². The molecule has 3 rings (SSSR count). The van der Waals surface area contributed by atoms with E-state index in [0.29, 0.717) is 12.0 Å². The van der Waals surface area contributed by atoms with Crippen LogP contribution < -0.4 is 10.6 Å². The molecule has 1 aliphatic heterocycles. The molecule has 20 heavy (non-hydrogen) atoms. The first-order valence-electron chi connectivity index (χ1n) is 7.18. The summed E-state index contributed by atoms with van der Waals surface area (Å²) in [5.41, 5.74) is 3.50. The van der Waals surface area contributed by atoms with Crippen LogP contribution in [0.25, 0.3) is 11.1 Å². The molecule has 0 saturated carbocycles. The minimum Gasteiger partial charge on any atom is -0.353 e. The quantitative estimate of drug-likeness (QED) is 0.895. The average molecular weight is 268 g/mol. The van der Waals surface area contributed by atoms with Gasteiger partial charge >= 0.3 is 0 Å². The van der Waals surface area contributed by atoms with E-state index in [0.717, 1.165) is 18.7 Å². The van der Waals surface area contributed by atoms with Gasteiger partial charge in [0, 0.05) is 30.5 Å². The molecular formula is C16H20N4. The summed E-state index contributed by atoms with van der Waals surface area (Å²) < 4.78 is 0. The van der Waals surface area contributed by atoms with Crippen LogP contribution in [0, 0.1) is 6.92 Å². The molecule has 0 spiro atoms. The molecule has 2 heterocycles. The summed E-state index contributed by atoms with van der Waals surface area (Å²) in [6.07, 6.45) is 6.27. The van der Waals surface area contributed by atoms with E-state index in [-0.39, 0.29) is 0 Å². The van der Waals surface area contributed by atoms with E-state index in [1.165, 1.54) is 24.0 Å². The zero-order valence-corrected chi connectivity index (χ0v) is 11.8. The van der Waals surface area contributed by atoms with Crippen molar-refractivity contribution >= 4 is 5.95 Å². The molecule has 2 aromatic rings. The van der Waals surface area contributed by atoms with Gasteiger partial charge in [0.25, 0.3) is 0 Å². The second-order valence-electron chi connectivity index (χ2n) is 5.28. The van der Waals surface area contributed by atoms with Gasteiger partial charge in [-0.15, -0.1) is 0 Å². The van der Waals surface area contributed by atoms with Crippen molar-refractivity contribution in [3.05, 3.63) is 42.2 Å². The SMILES string of the molecule is Cc1ccccc1-c1cnc(NCC2CCCN2)nc1. The molecule has 0 bridgehead atoms. The van der Waals surface area contributed by atoms with Gasteiger partial charge in [0.1, 0.15) is 0 Å². The molecule has 4 nitrogen and oxygen atoms in total. The Bertz CT molecular complexity index is 559. The van der Waals surface area contributed by atoms with E-state index in [1.807, 2.05) is 24.5 Å². The van der Waals surface area contributed by atoms with Crippen LogP contribution in [0.3, 0.4) is 0 Å². The van der Waals surface area contributed by atoms with Gasteiger partial charge < -0.3 is 10.6 Å². The van der Waals surface area contributed by atoms with Crippen molar-refractivity contribution in [1.82, 2.24) is 15.3 Å². The maximum Gasteiger partial charge on any atom is 0.222 e. The number of hydrogen-bond donors (Lipinski definition) is 2. The highest BCUT2D eigenvalue weighted by Gasteiger charge is 2.13. The molecule has 104 valence electrons. The lowest BCUT2D eigenvalue weighted by molar-refractivity contribution is 0.631. The maximum absolute atomic E-state index is 4.41. The lowest BCUT2D eigenvalue weighted by atomic mass is 10.0. The molecule has 1 atom stereocenters. The minimum absolute atomic E-state index is 0.551. The number of nitrogens with one attached hydrogen (secondary N) is 2. The summed E-state index contributed by atoms with van der Waals surface area (Å²) in [4.78, 5) is 8.81. The smallest absolute Gasteiger partial charge is 0.222 e. The van der Waals surface area contributed by atoms with E-state index in [1.54, 1.807) is 0 Å². The van der Waals surface area contributed by atoms with E-state index in [4.69, 9.17) is 0 Å². The Kier molecular flexibility index (Phi) is 3.92. The number of benzene rings is 1. The van der Waals surface area contributed by atoms with Crippen molar-refractivity contribution in [3.8, 4) is 11.1 Å². The molecule has 2 N–H and O–H groups in total. The molecule has 0 amide bonds. The maximum atomic E-state index is 4.41. The predicted octanol–water partition coefficient (Wildman–Crippen LogP) is 2.62. The Morgan fingerprint density at radius 3 is 2.75 bits per heavy atom. The molecule has 0 radical (unpaired) electrons. The Hall–Kier alpha value is -1.94. The van der Waals surface area contributed by atoms with Gasteiger partial charge in [-0.25, -0.2) is 9.97 Å². The highest BCUT2D eigenvalue weighted by Crippen LogP contribution is 2.21. The minimum atomic E-state index is 0.551. The lowest BCUT2D eigenvalue weighted by Crippen LogP contribution is -2.29. The van der Waals surface area contributed by atoms with Gasteiger partial charge in [0.15, 0.2) is 0 Å². The standard InChI is InChI=1S/C16H20N4/c1-12-5-2-3-7-15(12)13-9-18-16(19-10-13)20-11-14-6-4-8-17-14/h2-3,5,7,9-10,14,17H,4,6,8,11H2,1H3,(H,18,19,20). The van der Waals surface area contributed by atoms with Gasteiger partial charge in [0.05, 0.1) is 0 Å². The fourth-order valence-corrected chi connectivity index (χ4v) is 2.60. The number of aromatic nitrogens is 2. The van der Waals surface area contributed by atoms with Crippen LogP contribution in [-0.4, -0.2) is 29.1 Å². The van der Waals surface area contributed by atoms with Crippen LogP contribution in [0.1, 0.15) is 18.4 Å². The third-order valence-electron chi connectivity index (χ3n) is 3.78. The van der Waals surface area contributed by atoms with Crippen LogP contribution in [0.15, 0.2) is 36.7 Å². The summed E-state index contributed by atoms with van der Waals surface area (Å²) in [6, 6.07) is 8.84. The zero-order valence-electron chi connectivity index (χ0n) is 11.8. The van der Waals surface area contributed by atoms with Crippen molar-refractivity contribution in [2.75, 3.05) is 18.4 Å². The van der Waals surface area contributed by atoms with Gasteiger partial charge in [-0.1, -0.05) is 24.3 Å². The van der Waals surface area contributed by atoms with Gasteiger partial charge in [-0.3, -0.25) is 0 Å². The first kappa shape index (κ1) is 13.1. The molecule has 0 aliphatic carbocycles. The van der Waals surface area contributed by atoms with Crippen molar-refractivity contribution in [2.24, 2.45) is 0 Å².